The van der Waals surface area contributed by atoms with Gasteiger partial charge in [0.1, 0.15) is 0 Å². The Labute approximate surface area is 145 Å². The van der Waals surface area contributed by atoms with Gasteiger partial charge in [0, 0.05) is 28.0 Å². The second kappa shape index (κ2) is 8.87. The monoisotopic (exact) mass is 359 g/mol. The van der Waals surface area contributed by atoms with Gasteiger partial charge in [0.25, 0.3) is 0 Å². The molecule has 1 aromatic carbocycles. The summed E-state index contributed by atoms with van der Waals surface area (Å²) in [7, 11) is 1.94. The molecule has 0 amide bonds. The Bertz CT molecular complexity index is 578. The molecule has 1 atom stereocenters. The van der Waals surface area contributed by atoms with Crippen molar-refractivity contribution in [1.82, 2.24) is 4.90 Å². The zero-order valence-electron chi connectivity index (χ0n) is 12.3. The van der Waals surface area contributed by atoms with Gasteiger partial charge >= 0.3 is 0 Å². The highest BCUT2D eigenvalue weighted by Crippen LogP contribution is 2.22. The molecule has 120 valence electrons. The van der Waals surface area contributed by atoms with Crippen molar-refractivity contribution in [3.05, 3.63) is 56.2 Å². The van der Waals surface area contributed by atoms with Crippen molar-refractivity contribution in [1.29, 1.82) is 0 Å². The number of ether oxygens (including phenoxy) is 1. The molecule has 1 heterocycles. The van der Waals surface area contributed by atoms with E-state index in [-0.39, 0.29) is 0 Å². The summed E-state index contributed by atoms with van der Waals surface area (Å²) in [5, 5.41) is 13.3. The fraction of sp³-hybridized carbons (Fsp3) is 0.375. The molecule has 6 heteroatoms. The van der Waals surface area contributed by atoms with E-state index in [1.54, 1.807) is 17.4 Å². The second-order valence-electron chi connectivity index (χ2n) is 5.18. The van der Waals surface area contributed by atoms with Crippen LogP contribution in [0.15, 0.2) is 35.7 Å². The normalized spacial score (nSPS) is 12.8. The highest BCUT2D eigenvalue weighted by Gasteiger charge is 2.11. The second-order valence-corrected chi connectivity index (χ2v) is 7.06. The minimum atomic E-state index is -0.531. The number of thiophene rings is 1. The number of hydrogen-bond donors (Lipinski definition) is 1. The van der Waals surface area contributed by atoms with Gasteiger partial charge in [-0.05, 0) is 36.2 Å². The predicted molar refractivity (Wildman–Crippen MR) is 92.8 cm³/mol. The van der Waals surface area contributed by atoms with Gasteiger partial charge in [0.05, 0.1) is 19.3 Å². The van der Waals surface area contributed by atoms with E-state index in [1.807, 2.05) is 41.6 Å². The maximum atomic E-state index is 10.0. The van der Waals surface area contributed by atoms with Crippen LogP contribution in [0.2, 0.25) is 10.0 Å². The third-order valence-corrected chi connectivity index (χ3v) is 4.55. The van der Waals surface area contributed by atoms with Crippen LogP contribution in [0, 0.1) is 0 Å². The molecule has 0 aliphatic carbocycles. The minimum Gasteiger partial charge on any atom is -0.389 e. The highest BCUT2D eigenvalue weighted by atomic mass is 35.5. The lowest BCUT2D eigenvalue weighted by atomic mass is 10.2. The summed E-state index contributed by atoms with van der Waals surface area (Å²) in [6.45, 7) is 2.03. The molecule has 0 saturated carbocycles. The SMILES string of the molecule is CN(Cc1ccc(Cl)cc1Cl)CC(O)COCc1cccs1. The van der Waals surface area contributed by atoms with Crippen molar-refractivity contribution in [2.24, 2.45) is 0 Å². The summed E-state index contributed by atoms with van der Waals surface area (Å²) in [6, 6.07) is 9.46. The lowest BCUT2D eigenvalue weighted by Gasteiger charge is -2.21. The third-order valence-electron chi connectivity index (χ3n) is 3.11. The Hall–Kier alpha value is -0.620. The van der Waals surface area contributed by atoms with E-state index in [1.165, 1.54) is 0 Å². The number of likely N-dealkylation sites (N-methyl/N-ethyl adjacent to an activating group) is 1. The Morgan fingerprint density at radius 2 is 2.14 bits per heavy atom. The molecule has 2 aromatic rings. The van der Waals surface area contributed by atoms with Gasteiger partial charge < -0.3 is 9.84 Å². The summed E-state index contributed by atoms with van der Waals surface area (Å²) in [5.41, 5.74) is 0.986. The van der Waals surface area contributed by atoms with Crippen LogP contribution in [0.3, 0.4) is 0 Å². The minimum absolute atomic E-state index is 0.316. The van der Waals surface area contributed by atoms with Crippen LogP contribution in [0.4, 0.5) is 0 Å². The van der Waals surface area contributed by atoms with Gasteiger partial charge in [-0.1, -0.05) is 35.3 Å². The summed E-state index contributed by atoms with van der Waals surface area (Å²) in [6.07, 6.45) is -0.531. The average molecular weight is 360 g/mol. The number of rotatable bonds is 8. The van der Waals surface area contributed by atoms with E-state index in [9.17, 15) is 5.11 Å². The molecule has 22 heavy (non-hydrogen) atoms. The number of halogens is 2. The molecule has 0 saturated heterocycles. The molecular weight excluding hydrogens is 341 g/mol. The van der Waals surface area contributed by atoms with E-state index < -0.39 is 6.10 Å². The van der Waals surface area contributed by atoms with Crippen molar-refractivity contribution < 1.29 is 9.84 Å². The Kier molecular flexibility index (Phi) is 7.15. The van der Waals surface area contributed by atoms with Crippen molar-refractivity contribution >= 4 is 34.5 Å². The molecule has 1 N–H and O–H groups in total. The zero-order chi connectivity index (χ0) is 15.9. The van der Waals surface area contributed by atoms with Crippen LogP contribution in [0.5, 0.6) is 0 Å². The molecule has 0 fully saturated rings. The van der Waals surface area contributed by atoms with Crippen LogP contribution in [-0.4, -0.2) is 36.3 Å². The molecule has 1 unspecified atom stereocenters. The molecule has 3 nitrogen and oxygen atoms in total. The maximum Gasteiger partial charge on any atom is 0.0900 e. The van der Waals surface area contributed by atoms with Gasteiger partial charge in [-0.3, -0.25) is 4.90 Å². The molecule has 0 spiro atoms. The molecule has 0 aliphatic rings. The van der Waals surface area contributed by atoms with E-state index >= 15 is 0 Å². The largest absolute Gasteiger partial charge is 0.389 e. The number of nitrogens with zero attached hydrogens (tertiary/aromatic N) is 1. The molecule has 0 aliphatic heterocycles. The Morgan fingerprint density at radius 1 is 1.32 bits per heavy atom. The van der Waals surface area contributed by atoms with Crippen LogP contribution in [0.25, 0.3) is 0 Å². The van der Waals surface area contributed by atoms with Gasteiger partial charge in [0.15, 0.2) is 0 Å². The van der Waals surface area contributed by atoms with Crippen LogP contribution in [-0.2, 0) is 17.9 Å². The quantitative estimate of drug-likeness (QED) is 0.771. The highest BCUT2D eigenvalue weighted by molar-refractivity contribution is 7.09. The first-order valence-corrected chi connectivity index (χ1v) is 8.59. The lowest BCUT2D eigenvalue weighted by molar-refractivity contribution is 0.0135. The smallest absolute Gasteiger partial charge is 0.0900 e. The van der Waals surface area contributed by atoms with Crippen LogP contribution < -0.4 is 0 Å². The van der Waals surface area contributed by atoms with Crippen molar-refractivity contribution in [2.75, 3.05) is 20.2 Å². The first-order valence-electron chi connectivity index (χ1n) is 6.95. The number of aliphatic hydroxyl groups excluding tert-OH is 1. The van der Waals surface area contributed by atoms with E-state index in [2.05, 4.69) is 0 Å². The standard InChI is InChI=1S/C16H19Cl2NO2S/c1-19(8-12-4-5-13(17)7-16(12)18)9-14(20)10-21-11-15-3-2-6-22-15/h2-7,14,20H,8-11H2,1H3. The molecule has 0 bridgehead atoms. The van der Waals surface area contributed by atoms with Gasteiger partial charge in [-0.25, -0.2) is 0 Å². The number of hydrogen-bond acceptors (Lipinski definition) is 4. The van der Waals surface area contributed by atoms with Gasteiger partial charge in [-0.2, -0.15) is 0 Å². The summed E-state index contributed by atoms with van der Waals surface area (Å²) in [4.78, 5) is 3.17. The third kappa shape index (κ3) is 5.88. The van der Waals surface area contributed by atoms with E-state index in [4.69, 9.17) is 27.9 Å². The van der Waals surface area contributed by atoms with Gasteiger partial charge in [-0.15, -0.1) is 11.3 Å². The van der Waals surface area contributed by atoms with Crippen molar-refractivity contribution in [3.8, 4) is 0 Å². The maximum absolute atomic E-state index is 10.0. The average Bonchev–Trinajstić information content (AvgIpc) is 2.95. The van der Waals surface area contributed by atoms with Crippen molar-refractivity contribution in [2.45, 2.75) is 19.3 Å². The van der Waals surface area contributed by atoms with Crippen LogP contribution in [0.1, 0.15) is 10.4 Å². The first kappa shape index (κ1) is 17.7. The summed E-state index contributed by atoms with van der Waals surface area (Å²) >= 11 is 13.7. The molecule has 1 aromatic heterocycles. The Morgan fingerprint density at radius 3 is 2.82 bits per heavy atom. The molecular formula is C16H19Cl2NO2S. The first-order chi connectivity index (χ1) is 10.5. The zero-order valence-corrected chi connectivity index (χ0v) is 14.7. The lowest BCUT2D eigenvalue weighted by Crippen LogP contribution is -2.31. The summed E-state index contributed by atoms with van der Waals surface area (Å²) in [5.74, 6) is 0. The predicted octanol–water partition coefficient (Wildman–Crippen LogP) is 4.06. The van der Waals surface area contributed by atoms with Crippen molar-refractivity contribution in [3.63, 3.8) is 0 Å². The number of aliphatic hydroxyl groups is 1. The fourth-order valence-corrected chi connectivity index (χ4v) is 3.22. The van der Waals surface area contributed by atoms with E-state index in [0.29, 0.717) is 36.3 Å². The Balaban J connectivity index is 1.72. The topological polar surface area (TPSA) is 32.7 Å². The number of benzene rings is 1. The molecule has 2 rings (SSSR count). The van der Waals surface area contributed by atoms with E-state index in [0.717, 1.165) is 10.4 Å². The van der Waals surface area contributed by atoms with Gasteiger partial charge in [0.2, 0.25) is 0 Å². The van der Waals surface area contributed by atoms with Crippen LogP contribution >= 0.6 is 34.5 Å². The molecule has 0 radical (unpaired) electrons. The fourth-order valence-electron chi connectivity index (χ4n) is 2.11. The summed E-state index contributed by atoms with van der Waals surface area (Å²) < 4.78 is 5.52.